The summed E-state index contributed by atoms with van der Waals surface area (Å²) in [6.07, 6.45) is -0.341. The van der Waals surface area contributed by atoms with Gasteiger partial charge in [0, 0.05) is 0 Å². The Bertz CT molecular complexity index is 131. The maximum Gasteiger partial charge on any atom is 0.310 e. The summed E-state index contributed by atoms with van der Waals surface area (Å²) < 4.78 is 3.02. The lowest BCUT2D eigenvalue weighted by atomic mass is 10.2. The molecule has 5 heteroatoms. The van der Waals surface area contributed by atoms with Gasteiger partial charge in [-0.15, -0.1) is 0 Å². The Morgan fingerprint density at radius 1 is 1.56 bits per heavy atom. The highest BCUT2D eigenvalue weighted by Gasteiger charge is 2.44. The summed E-state index contributed by atoms with van der Waals surface area (Å²) in [5, 5.41) is 0. The van der Waals surface area contributed by atoms with Gasteiger partial charge in [0.15, 0.2) is 6.10 Å². The first-order valence-electron chi connectivity index (χ1n) is 2.26. The smallest absolute Gasteiger partial charge is 0.310 e. The van der Waals surface area contributed by atoms with Gasteiger partial charge in [0.25, 0.3) is 0 Å². The van der Waals surface area contributed by atoms with E-state index in [-0.39, 0.29) is 12.4 Å². The highest BCUT2D eigenvalue weighted by atomic mass is 35.6. The van der Waals surface area contributed by atoms with Crippen LogP contribution in [0.3, 0.4) is 0 Å². The molecule has 0 aliphatic carbocycles. The number of alkyl halides is 3. The molecule has 1 aliphatic rings. The number of cyclic esters (lactones) is 1. The first-order chi connectivity index (χ1) is 4.00. The third kappa shape index (κ3) is 1.63. The third-order valence-electron chi connectivity index (χ3n) is 0.991. The van der Waals surface area contributed by atoms with Gasteiger partial charge in [0.1, 0.15) is 0 Å². The molecule has 1 saturated heterocycles. The predicted octanol–water partition coefficient (Wildman–Crippen LogP) is 1.67. The van der Waals surface area contributed by atoms with E-state index in [4.69, 9.17) is 34.8 Å². The quantitative estimate of drug-likeness (QED) is 0.428. The molecule has 0 aromatic carbocycles. The van der Waals surface area contributed by atoms with E-state index in [1.165, 1.54) is 0 Å². The number of ether oxygens (including phenoxy) is 1. The Morgan fingerprint density at radius 2 is 2.00 bits per heavy atom. The fourth-order valence-electron chi connectivity index (χ4n) is 0.483. The number of carbonyl (C=O) groups is 1. The van der Waals surface area contributed by atoms with Crippen LogP contribution in [0, 0.1) is 0 Å². The van der Waals surface area contributed by atoms with E-state index in [0.29, 0.717) is 0 Å². The van der Waals surface area contributed by atoms with E-state index in [1.54, 1.807) is 0 Å². The summed E-state index contributed by atoms with van der Waals surface area (Å²) in [4.78, 5) is 10.2. The van der Waals surface area contributed by atoms with Gasteiger partial charge < -0.3 is 4.74 Å². The molecule has 0 N–H and O–H groups in total. The van der Waals surface area contributed by atoms with Crippen LogP contribution in [0.4, 0.5) is 0 Å². The van der Waals surface area contributed by atoms with Crippen molar-refractivity contribution in [2.24, 2.45) is 0 Å². The molecule has 0 bridgehead atoms. The highest BCUT2D eigenvalue weighted by molar-refractivity contribution is 6.68. The van der Waals surface area contributed by atoms with Gasteiger partial charge in [-0.1, -0.05) is 34.8 Å². The molecular weight excluding hydrogens is 186 g/mol. The molecule has 0 amide bonds. The molecule has 0 saturated carbocycles. The van der Waals surface area contributed by atoms with E-state index in [1.807, 2.05) is 0 Å². The van der Waals surface area contributed by atoms with Crippen LogP contribution in [-0.2, 0) is 9.53 Å². The number of hydrogen-bond acceptors (Lipinski definition) is 2. The van der Waals surface area contributed by atoms with Gasteiger partial charge >= 0.3 is 5.97 Å². The summed E-state index contributed by atoms with van der Waals surface area (Å²) in [5.41, 5.74) is 0. The number of halogens is 3. The molecule has 1 unspecified atom stereocenters. The molecule has 9 heavy (non-hydrogen) atoms. The number of rotatable bonds is 0. The van der Waals surface area contributed by atoms with Crippen LogP contribution in [0.25, 0.3) is 0 Å². The average Bonchev–Trinajstić information content (AvgIpc) is 1.55. The minimum absolute atomic E-state index is 0.205. The van der Waals surface area contributed by atoms with Crippen molar-refractivity contribution in [3.63, 3.8) is 0 Å². The second-order valence-electron chi connectivity index (χ2n) is 1.72. The Labute approximate surface area is 67.0 Å². The van der Waals surface area contributed by atoms with Gasteiger partial charge in [-0.3, -0.25) is 4.79 Å². The van der Waals surface area contributed by atoms with E-state index in [9.17, 15) is 4.79 Å². The van der Waals surface area contributed by atoms with Crippen molar-refractivity contribution in [1.82, 2.24) is 0 Å². The van der Waals surface area contributed by atoms with Crippen LogP contribution in [0.2, 0.25) is 0 Å². The summed E-state index contributed by atoms with van der Waals surface area (Å²) in [6.45, 7) is 0. The topological polar surface area (TPSA) is 26.3 Å². The maximum atomic E-state index is 10.2. The monoisotopic (exact) mass is 188 g/mol. The molecule has 52 valence electrons. The van der Waals surface area contributed by atoms with Crippen LogP contribution < -0.4 is 0 Å². The van der Waals surface area contributed by atoms with Gasteiger partial charge in [0.2, 0.25) is 3.79 Å². The van der Waals surface area contributed by atoms with Crippen molar-refractivity contribution in [3.05, 3.63) is 0 Å². The van der Waals surface area contributed by atoms with Crippen LogP contribution in [0.5, 0.6) is 0 Å². The molecule has 0 aromatic heterocycles. The molecule has 1 aliphatic heterocycles. The van der Waals surface area contributed by atoms with Crippen molar-refractivity contribution in [2.45, 2.75) is 16.3 Å². The first-order valence-corrected chi connectivity index (χ1v) is 3.40. The Morgan fingerprint density at radius 3 is 2.11 bits per heavy atom. The fraction of sp³-hybridized carbons (Fsp3) is 0.750. The number of carbonyl (C=O) groups excluding carboxylic acids is 1. The summed E-state index contributed by atoms with van der Waals surface area (Å²) in [6, 6.07) is 0. The van der Waals surface area contributed by atoms with Crippen LogP contribution in [-0.4, -0.2) is 15.9 Å². The van der Waals surface area contributed by atoms with Crippen LogP contribution >= 0.6 is 34.8 Å². The average molecular weight is 189 g/mol. The lowest BCUT2D eigenvalue weighted by Gasteiger charge is -2.30. The zero-order valence-electron chi connectivity index (χ0n) is 4.23. The molecular formula is C4H3Cl3O2. The van der Waals surface area contributed by atoms with Gasteiger partial charge in [-0.25, -0.2) is 0 Å². The SMILES string of the molecule is O=C1CC(C(Cl)(Cl)Cl)O1. The maximum absolute atomic E-state index is 10.2. The number of esters is 1. The molecule has 0 spiro atoms. The van der Waals surface area contributed by atoms with Gasteiger partial charge in [-0.2, -0.15) is 0 Å². The molecule has 0 aromatic rings. The second-order valence-corrected chi connectivity index (χ2v) is 4.09. The lowest BCUT2D eigenvalue weighted by molar-refractivity contribution is -0.168. The van der Waals surface area contributed by atoms with Crippen LogP contribution in [0.15, 0.2) is 0 Å². The van der Waals surface area contributed by atoms with E-state index in [0.717, 1.165) is 0 Å². The van der Waals surface area contributed by atoms with Crippen molar-refractivity contribution in [2.75, 3.05) is 0 Å². The third-order valence-corrected chi connectivity index (χ3v) is 1.72. The van der Waals surface area contributed by atoms with Crippen molar-refractivity contribution in [3.8, 4) is 0 Å². The largest absolute Gasteiger partial charge is 0.457 e. The second kappa shape index (κ2) is 2.19. The molecule has 2 nitrogen and oxygen atoms in total. The summed E-state index contributed by atoms with van der Waals surface area (Å²) in [7, 11) is 0. The Hall–Kier alpha value is 0.340. The first kappa shape index (κ1) is 7.45. The Balaban J connectivity index is 2.40. The van der Waals surface area contributed by atoms with Crippen molar-refractivity contribution >= 4 is 40.8 Å². The molecule has 1 heterocycles. The lowest BCUT2D eigenvalue weighted by Crippen LogP contribution is -2.42. The Kier molecular flexibility index (Phi) is 1.81. The summed E-state index contributed by atoms with van der Waals surface area (Å²) >= 11 is 16.1. The predicted molar refractivity (Wildman–Crippen MR) is 34.8 cm³/mol. The summed E-state index contributed by atoms with van der Waals surface area (Å²) in [5.74, 6) is -0.314. The van der Waals surface area contributed by atoms with E-state index < -0.39 is 9.90 Å². The minimum atomic E-state index is -1.45. The highest BCUT2D eigenvalue weighted by Crippen LogP contribution is 2.38. The minimum Gasteiger partial charge on any atom is -0.457 e. The molecule has 1 atom stereocenters. The molecule has 1 fully saturated rings. The van der Waals surface area contributed by atoms with Gasteiger partial charge in [-0.05, 0) is 0 Å². The zero-order valence-corrected chi connectivity index (χ0v) is 6.50. The van der Waals surface area contributed by atoms with E-state index >= 15 is 0 Å². The van der Waals surface area contributed by atoms with E-state index in [2.05, 4.69) is 4.74 Å². The zero-order chi connectivity index (χ0) is 7.07. The van der Waals surface area contributed by atoms with Crippen molar-refractivity contribution in [1.29, 1.82) is 0 Å². The van der Waals surface area contributed by atoms with Crippen molar-refractivity contribution < 1.29 is 9.53 Å². The van der Waals surface area contributed by atoms with Gasteiger partial charge in [0.05, 0.1) is 6.42 Å². The fourth-order valence-corrected chi connectivity index (χ4v) is 0.848. The molecule has 1 rings (SSSR count). The molecule has 0 radical (unpaired) electrons. The normalized spacial score (nSPS) is 27.0. The standard InChI is InChI=1S/C4H3Cl3O2/c5-4(6,7)2-1-3(8)9-2/h2H,1H2. The van der Waals surface area contributed by atoms with Crippen LogP contribution in [0.1, 0.15) is 6.42 Å². The number of hydrogen-bond donors (Lipinski definition) is 0.